The molecule has 0 heterocycles. The van der Waals surface area contributed by atoms with Crippen LogP contribution in [0.5, 0.6) is 0 Å². The molecule has 0 amide bonds. The Balaban J connectivity index is 2.35. The molecule has 0 aliphatic heterocycles. The maximum Gasteiger partial charge on any atom is 0.416 e. The van der Waals surface area contributed by atoms with Gasteiger partial charge in [-0.1, -0.05) is 18.2 Å². The molecule has 0 saturated carbocycles. The van der Waals surface area contributed by atoms with Gasteiger partial charge in [0.1, 0.15) is 0 Å². The molecule has 20 heavy (non-hydrogen) atoms. The van der Waals surface area contributed by atoms with Crippen LogP contribution in [-0.4, -0.2) is 11.0 Å². The Hall–Kier alpha value is -2.30. The van der Waals surface area contributed by atoms with Crippen molar-refractivity contribution >= 4 is 11.9 Å². The summed E-state index contributed by atoms with van der Waals surface area (Å²) in [4.78, 5) is 0. The first kappa shape index (κ1) is 14.1. The molecule has 5 heteroatoms. The zero-order valence-electron chi connectivity index (χ0n) is 10.7. The Kier molecular flexibility index (Phi) is 3.79. The van der Waals surface area contributed by atoms with Crippen LogP contribution in [0.1, 0.15) is 16.7 Å². The molecular formula is C15H12F3NO. The van der Waals surface area contributed by atoms with Crippen molar-refractivity contribution in [1.82, 2.24) is 0 Å². The van der Waals surface area contributed by atoms with Gasteiger partial charge >= 0.3 is 6.18 Å². The van der Waals surface area contributed by atoms with Gasteiger partial charge in [-0.05, 0) is 30.7 Å². The zero-order valence-corrected chi connectivity index (χ0v) is 10.7. The normalized spacial score (nSPS) is 12.5. The molecule has 0 spiro atoms. The van der Waals surface area contributed by atoms with Crippen molar-refractivity contribution in [3.63, 3.8) is 0 Å². The first-order chi connectivity index (χ1) is 9.38. The molecule has 2 nitrogen and oxygen atoms in total. The third kappa shape index (κ3) is 3.17. The SMILES string of the molecule is Cc1cc(C(F)(F)F)ccc1C=[N+]([O-])c1ccccc1. The largest absolute Gasteiger partial charge is 0.618 e. The zero-order chi connectivity index (χ0) is 14.8. The minimum Gasteiger partial charge on any atom is -0.618 e. The van der Waals surface area contributed by atoms with Gasteiger partial charge < -0.3 is 5.21 Å². The van der Waals surface area contributed by atoms with Crippen molar-refractivity contribution in [3.05, 3.63) is 70.4 Å². The Morgan fingerprint density at radius 3 is 2.25 bits per heavy atom. The molecule has 0 bridgehead atoms. The molecular weight excluding hydrogens is 267 g/mol. The number of rotatable bonds is 2. The lowest BCUT2D eigenvalue weighted by atomic mass is 10.1. The minimum absolute atomic E-state index is 0.400. The molecule has 0 atom stereocenters. The van der Waals surface area contributed by atoms with Gasteiger partial charge in [0, 0.05) is 17.7 Å². The number of hydrogen-bond donors (Lipinski definition) is 0. The van der Waals surface area contributed by atoms with E-state index in [1.54, 1.807) is 37.3 Å². The maximum absolute atomic E-state index is 12.5. The fraction of sp³-hybridized carbons (Fsp3) is 0.133. The van der Waals surface area contributed by atoms with E-state index >= 15 is 0 Å². The smallest absolute Gasteiger partial charge is 0.416 e. The second-order valence-corrected chi connectivity index (χ2v) is 4.36. The fourth-order valence-corrected chi connectivity index (χ4v) is 1.77. The summed E-state index contributed by atoms with van der Waals surface area (Å²) in [5.74, 6) is 0. The van der Waals surface area contributed by atoms with Crippen molar-refractivity contribution in [2.24, 2.45) is 0 Å². The van der Waals surface area contributed by atoms with Gasteiger partial charge in [-0.3, -0.25) is 0 Å². The molecule has 0 unspecified atom stereocenters. The Morgan fingerprint density at radius 1 is 1.05 bits per heavy atom. The summed E-state index contributed by atoms with van der Waals surface area (Å²) in [6, 6.07) is 11.8. The van der Waals surface area contributed by atoms with Crippen molar-refractivity contribution in [3.8, 4) is 0 Å². The number of halogens is 3. The first-order valence-corrected chi connectivity index (χ1v) is 5.92. The van der Waals surface area contributed by atoms with Crippen LogP contribution in [0.2, 0.25) is 0 Å². The highest BCUT2D eigenvalue weighted by Crippen LogP contribution is 2.30. The Labute approximate surface area is 114 Å². The first-order valence-electron chi connectivity index (χ1n) is 5.92. The predicted octanol–water partition coefficient (Wildman–Crippen LogP) is 4.27. The molecule has 0 saturated heterocycles. The molecule has 0 radical (unpaired) electrons. The number of para-hydroxylation sites is 1. The van der Waals surface area contributed by atoms with Gasteiger partial charge in [-0.25, -0.2) is 0 Å². The lowest BCUT2D eigenvalue weighted by Crippen LogP contribution is -2.07. The van der Waals surface area contributed by atoms with Gasteiger partial charge in [-0.15, -0.1) is 0 Å². The summed E-state index contributed by atoms with van der Waals surface area (Å²) in [5.41, 5.74) is 0.560. The summed E-state index contributed by atoms with van der Waals surface area (Å²) in [7, 11) is 0. The molecule has 0 fully saturated rings. The van der Waals surface area contributed by atoms with Crippen LogP contribution in [0.3, 0.4) is 0 Å². The van der Waals surface area contributed by atoms with Gasteiger partial charge in [-0.2, -0.15) is 17.9 Å². The van der Waals surface area contributed by atoms with E-state index in [2.05, 4.69) is 0 Å². The molecule has 0 aromatic heterocycles. The summed E-state index contributed by atoms with van der Waals surface area (Å²) in [5, 5.41) is 11.9. The van der Waals surface area contributed by atoms with Crippen molar-refractivity contribution in [2.75, 3.05) is 0 Å². The van der Waals surface area contributed by atoms with Gasteiger partial charge in [0.05, 0.1) is 5.56 Å². The van der Waals surface area contributed by atoms with Crippen LogP contribution in [-0.2, 0) is 6.18 Å². The lowest BCUT2D eigenvalue weighted by molar-refractivity contribution is -0.354. The van der Waals surface area contributed by atoms with E-state index in [1.807, 2.05) is 0 Å². The highest BCUT2D eigenvalue weighted by Gasteiger charge is 2.30. The topological polar surface area (TPSA) is 26.1 Å². The van der Waals surface area contributed by atoms with Crippen molar-refractivity contribution in [2.45, 2.75) is 13.1 Å². The van der Waals surface area contributed by atoms with Crippen molar-refractivity contribution in [1.29, 1.82) is 0 Å². The number of alkyl halides is 3. The molecule has 2 aromatic carbocycles. The molecule has 2 aromatic rings. The van der Waals surface area contributed by atoms with E-state index in [0.717, 1.165) is 12.1 Å². The van der Waals surface area contributed by atoms with Gasteiger partial charge in [0.15, 0.2) is 6.21 Å². The second-order valence-electron chi connectivity index (χ2n) is 4.36. The van der Waals surface area contributed by atoms with Crippen molar-refractivity contribution < 1.29 is 17.9 Å². The number of hydrogen-bond acceptors (Lipinski definition) is 1. The summed E-state index contributed by atoms with van der Waals surface area (Å²) < 4.78 is 38.3. The molecule has 0 aliphatic rings. The van der Waals surface area contributed by atoms with E-state index < -0.39 is 11.7 Å². The average Bonchev–Trinajstić information content (AvgIpc) is 2.41. The maximum atomic E-state index is 12.5. The summed E-state index contributed by atoms with van der Waals surface area (Å²) in [6.07, 6.45) is -3.11. The standard InChI is InChI=1S/C15H12F3NO/c1-11-9-13(15(16,17)18)8-7-12(11)10-19(20)14-5-3-2-4-6-14/h2-10H,1H3. The van der Waals surface area contributed by atoms with Crippen LogP contribution >= 0.6 is 0 Å². The number of nitrogens with zero attached hydrogens (tertiary/aromatic N) is 1. The van der Waals surface area contributed by atoms with Gasteiger partial charge in [0.2, 0.25) is 5.69 Å². The van der Waals surface area contributed by atoms with E-state index in [-0.39, 0.29) is 0 Å². The fourth-order valence-electron chi connectivity index (χ4n) is 1.77. The second kappa shape index (κ2) is 5.36. The highest BCUT2D eigenvalue weighted by molar-refractivity contribution is 5.79. The third-order valence-electron chi connectivity index (χ3n) is 2.86. The Bertz CT molecular complexity index is 633. The Morgan fingerprint density at radius 2 is 1.70 bits per heavy atom. The number of benzene rings is 2. The van der Waals surface area contributed by atoms with E-state index in [9.17, 15) is 18.4 Å². The van der Waals surface area contributed by atoms with Gasteiger partial charge in [0.25, 0.3) is 0 Å². The van der Waals surface area contributed by atoms with E-state index in [0.29, 0.717) is 21.6 Å². The lowest BCUT2D eigenvalue weighted by Gasteiger charge is -2.09. The quantitative estimate of drug-likeness (QED) is 0.349. The van der Waals surface area contributed by atoms with E-state index in [1.165, 1.54) is 12.3 Å². The molecule has 0 N–H and O–H groups in total. The van der Waals surface area contributed by atoms with Crippen LogP contribution in [0.15, 0.2) is 48.5 Å². The highest BCUT2D eigenvalue weighted by atomic mass is 19.4. The van der Waals surface area contributed by atoms with Crippen LogP contribution in [0.4, 0.5) is 18.9 Å². The third-order valence-corrected chi connectivity index (χ3v) is 2.86. The average molecular weight is 279 g/mol. The monoisotopic (exact) mass is 279 g/mol. The molecule has 2 rings (SSSR count). The van der Waals surface area contributed by atoms with E-state index in [4.69, 9.17) is 0 Å². The van der Waals surface area contributed by atoms with Crippen LogP contribution < -0.4 is 0 Å². The summed E-state index contributed by atoms with van der Waals surface area (Å²) >= 11 is 0. The predicted molar refractivity (Wildman–Crippen MR) is 71.1 cm³/mol. The molecule has 0 aliphatic carbocycles. The molecule has 104 valence electrons. The van der Waals surface area contributed by atoms with Crippen LogP contribution in [0.25, 0.3) is 0 Å². The summed E-state index contributed by atoms with van der Waals surface area (Å²) in [6.45, 7) is 1.54. The number of aryl methyl sites for hydroxylation is 1. The van der Waals surface area contributed by atoms with Crippen LogP contribution in [0, 0.1) is 12.1 Å². The minimum atomic E-state index is -4.38.